The summed E-state index contributed by atoms with van der Waals surface area (Å²) in [4.78, 5) is 26.4. The van der Waals surface area contributed by atoms with E-state index in [0.717, 1.165) is 16.7 Å². The third-order valence-electron chi connectivity index (χ3n) is 5.30. The topological polar surface area (TPSA) is 62.5 Å². The molecule has 3 heterocycles. The molecule has 4 aromatic rings. The Kier molecular flexibility index (Phi) is 4.85. The molecule has 6 nitrogen and oxygen atoms in total. The molecule has 0 bridgehead atoms. The van der Waals surface area contributed by atoms with E-state index in [1.54, 1.807) is 18.4 Å². The molecular formula is C23H19ClN4O2. The summed E-state index contributed by atoms with van der Waals surface area (Å²) in [5.74, 6) is 2.01. The maximum atomic E-state index is 12.9. The zero-order valence-corrected chi connectivity index (χ0v) is 16.9. The fourth-order valence-corrected chi connectivity index (χ4v) is 3.96. The summed E-state index contributed by atoms with van der Waals surface area (Å²) in [5.41, 5.74) is 1.41. The minimum atomic E-state index is -0.0379. The van der Waals surface area contributed by atoms with Gasteiger partial charge >= 0.3 is 0 Å². The Bertz CT molecular complexity index is 1200. The summed E-state index contributed by atoms with van der Waals surface area (Å²) in [6, 6.07) is 18.8. The first-order valence-corrected chi connectivity index (χ1v) is 10.2. The number of hydrogen-bond donors (Lipinski definition) is 0. The number of piperazine rings is 1. The van der Waals surface area contributed by atoms with Gasteiger partial charge in [0.25, 0.3) is 5.91 Å². The van der Waals surface area contributed by atoms with E-state index in [0.29, 0.717) is 48.3 Å². The summed E-state index contributed by atoms with van der Waals surface area (Å²) in [6.07, 6.45) is 1.62. The molecule has 5 rings (SSSR count). The van der Waals surface area contributed by atoms with E-state index in [4.69, 9.17) is 21.0 Å². The number of aromatic nitrogens is 2. The van der Waals surface area contributed by atoms with Crippen LogP contribution < -0.4 is 4.90 Å². The molecule has 0 atom stereocenters. The summed E-state index contributed by atoms with van der Waals surface area (Å²) < 4.78 is 5.51. The zero-order chi connectivity index (χ0) is 20.5. The van der Waals surface area contributed by atoms with Crippen molar-refractivity contribution in [1.29, 1.82) is 0 Å². The van der Waals surface area contributed by atoms with Crippen molar-refractivity contribution in [3.05, 3.63) is 77.5 Å². The van der Waals surface area contributed by atoms with Gasteiger partial charge in [0.05, 0.1) is 22.4 Å². The lowest BCUT2D eigenvalue weighted by Crippen LogP contribution is -2.49. The molecule has 7 heteroatoms. The third-order valence-corrected chi connectivity index (χ3v) is 5.62. The normalized spacial score (nSPS) is 14.3. The number of carbonyl (C=O) groups is 1. The van der Waals surface area contributed by atoms with Gasteiger partial charge in [0.1, 0.15) is 5.82 Å². The number of benzene rings is 2. The monoisotopic (exact) mass is 418 g/mol. The third kappa shape index (κ3) is 3.39. The summed E-state index contributed by atoms with van der Waals surface area (Å²) in [5, 5.41) is 1.47. The van der Waals surface area contributed by atoms with Crippen LogP contribution in [0.3, 0.4) is 0 Å². The van der Waals surface area contributed by atoms with E-state index in [1.807, 2.05) is 53.4 Å². The molecule has 150 valence electrons. The smallest absolute Gasteiger partial charge is 0.255 e. The first-order valence-electron chi connectivity index (χ1n) is 9.80. The molecule has 30 heavy (non-hydrogen) atoms. The summed E-state index contributed by atoms with van der Waals surface area (Å²) in [6.45, 7) is 2.54. The molecule has 1 aliphatic rings. The zero-order valence-electron chi connectivity index (χ0n) is 16.2. The average Bonchev–Trinajstić information content (AvgIpc) is 3.33. The van der Waals surface area contributed by atoms with Gasteiger partial charge < -0.3 is 14.2 Å². The van der Waals surface area contributed by atoms with E-state index in [9.17, 15) is 4.79 Å². The molecule has 1 amide bonds. The van der Waals surface area contributed by atoms with Gasteiger partial charge in [-0.15, -0.1) is 0 Å². The van der Waals surface area contributed by atoms with Crippen molar-refractivity contribution in [3.8, 4) is 11.6 Å². The number of hydrogen-bond acceptors (Lipinski definition) is 5. The van der Waals surface area contributed by atoms with Crippen molar-refractivity contribution in [2.75, 3.05) is 31.1 Å². The maximum absolute atomic E-state index is 12.9. The fraction of sp³-hybridized carbons (Fsp3) is 0.174. The van der Waals surface area contributed by atoms with Gasteiger partial charge in [-0.1, -0.05) is 35.9 Å². The molecule has 1 saturated heterocycles. The minimum Gasteiger partial charge on any atom is -0.461 e. The number of halogens is 1. The highest BCUT2D eigenvalue weighted by molar-refractivity contribution is 6.33. The van der Waals surface area contributed by atoms with Crippen LogP contribution in [0.15, 0.2) is 71.3 Å². The molecule has 0 spiro atoms. The van der Waals surface area contributed by atoms with Crippen LogP contribution >= 0.6 is 11.6 Å². The van der Waals surface area contributed by atoms with E-state index >= 15 is 0 Å². The second-order valence-corrected chi connectivity index (χ2v) is 7.53. The van der Waals surface area contributed by atoms with Crippen molar-refractivity contribution in [1.82, 2.24) is 14.9 Å². The number of furan rings is 1. The van der Waals surface area contributed by atoms with Crippen molar-refractivity contribution < 1.29 is 9.21 Å². The molecule has 1 aliphatic heterocycles. The van der Waals surface area contributed by atoms with Gasteiger partial charge in [-0.25, -0.2) is 9.97 Å². The largest absolute Gasteiger partial charge is 0.461 e. The number of para-hydroxylation sites is 1. The molecule has 0 aliphatic carbocycles. The van der Waals surface area contributed by atoms with Crippen molar-refractivity contribution in [2.45, 2.75) is 0 Å². The quantitative estimate of drug-likeness (QED) is 0.490. The summed E-state index contributed by atoms with van der Waals surface area (Å²) in [7, 11) is 0. The molecule has 0 unspecified atom stereocenters. The fourth-order valence-electron chi connectivity index (χ4n) is 3.74. The Morgan fingerprint density at radius 2 is 1.67 bits per heavy atom. The highest BCUT2D eigenvalue weighted by atomic mass is 35.5. The lowest BCUT2D eigenvalue weighted by molar-refractivity contribution is 0.0747. The molecule has 0 saturated carbocycles. The number of nitrogens with zero attached hydrogens (tertiary/aromatic N) is 4. The number of fused-ring (bicyclic) bond motifs is 1. The van der Waals surface area contributed by atoms with Crippen LogP contribution in [-0.2, 0) is 0 Å². The van der Waals surface area contributed by atoms with Gasteiger partial charge in [0.15, 0.2) is 11.6 Å². The molecule has 1 fully saturated rings. The van der Waals surface area contributed by atoms with E-state index < -0.39 is 0 Å². The van der Waals surface area contributed by atoms with Gasteiger partial charge in [0.2, 0.25) is 0 Å². The second-order valence-electron chi connectivity index (χ2n) is 7.12. The van der Waals surface area contributed by atoms with Gasteiger partial charge in [-0.05, 0) is 36.4 Å². The van der Waals surface area contributed by atoms with Crippen LogP contribution in [0.5, 0.6) is 0 Å². The van der Waals surface area contributed by atoms with Crippen molar-refractivity contribution >= 4 is 34.2 Å². The molecule has 0 N–H and O–H groups in total. The molecule has 0 radical (unpaired) electrons. The first kappa shape index (κ1) is 18.6. The van der Waals surface area contributed by atoms with Gasteiger partial charge in [-0.2, -0.15) is 0 Å². The van der Waals surface area contributed by atoms with Crippen LogP contribution in [0.25, 0.3) is 22.5 Å². The van der Waals surface area contributed by atoms with Crippen LogP contribution in [0.2, 0.25) is 5.02 Å². The van der Waals surface area contributed by atoms with Crippen LogP contribution in [-0.4, -0.2) is 47.0 Å². The molecular weight excluding hydrogens is 400 g/mol. The van der Waals surface area contributed by atoms with Crippen molar-refractivity contribution in [3.63, 3.8) is 0 Å². The number of anilines is 1. The Labute approximate surface area is 178 Å². The Balaban J connectivity index is 1.42. The van der Waals surface area contributed by atoms with Gasteiger partial charge in [-0.3, -0.25) is 4.79 Å². The first-order chi connectivity index (χ1) is 14.7. The Hall–Kier alpha value is -3.38. The number of amides is 1. The maximum Gasteiger partial charge on any atom is 0.255 e. The van der Waals surface area contributed by atoms with Crippen LogP contribution in [0.1, 0.15) is 10.4 Å². The standard InChI is InChI=1S/C23H19ClN4O2/c24-18-8-3-1-6-16(18)23(29)28-13-11-27(12-14-28)22-17-7-2-4-9-19(17)25-21(26-22)20-10-5-15-30-20/h1-10,15H,11-14H2. The van der Waals surface area contributed by atoms with Gasteiger partial charge in [0, 0.05) is 31.6 Å². The Morgan fingerprint density at radius 1 is 0.900 bits per heavy atom. The highest BCUT2D eigenvalue weighted by Crippen LogP contribution is 2.29. The second kappa shape index (κ2) is 7.80. The SMILES string of the molecule is O=C(c1ccccc1Cl)N1CCN(c2nc(-c3ccco3)nc3ccccc23)CC1. The highest BCUT2D eigenvalue weighted by Gasteiger charge is 2.25. The summed E-state index contributed by atoms with van der Waals surface area (Å²) >= 11 is 6.21. The predicted octanol–water partition coefficient (Wildman–Crippen LogP) is 4.51. The van der Waals surface area contributed by atoms with Crippen LogP contribution in [0, 0.1) is 0 Å². The van der Waals surface area contributed by atoms with Crippen molar-refractivity contribution in [2.24, 2.45) is 0 Å². The van der Waals surface area contributed by atoms with E-state index in [2.05, 4.69) is 9.88 Å². The van der Waals surface area contributed by atoms with Crippen LogP contribution in [0.4, 0.5) is 5.82 Å². The predicted molar refractivity (Wildman–Crippen MR) is 117 cm³/mol. The number of carbonyl (C=O) groups excluding carboxylic acids is 1. The average molecular weight is 419 g/mol. The lowest BCUT2D eigenvalue weighted by atomic mass is 10.1. The van der Waals surface area contributed by atoms with E-state index in [1.165, 1.54) is 0 Å². The lowest BCUT2D eigenvalue weighted by Gasteiger charge is -2.36. The Morgan fingerprint density at radius 3 is 2.43 bits per heavy atom. The minimum absolute atomic E-state index is 0.0379. The van der Waals surface area contributed by atoms with E-state index in [-0.39, 0.29) is 5.91 Å². The molecule has 2 aromatic heterocycles. The number of rotatable bonds is 3. The molecule has 2 aromatic carbocycles.